The summed E-state index contributed by atoms with van der Waals surface area (Å²) in [6.45, 7) is 5.06. The average molecular weight is 241 g/mol. The predicted molar refractivity (Wildman–Crippen MR) is 62.2 cm³/mol. The Morgan fingerprint density at radius 1 is 1.41 bits per heavy atom. The lowest BCUT2D eigenvalue weighted by atomic mass is 10.2. The zero-order valence-corrected chi connectivity index (χ0v) is 10.1. The van der Waals surface area contributed by atoms with Crippen LogP contribution in [0.15, 0.2) is 18.2 Å². The molecule has 0 heterocycles. The van der Waals surface area contributed by atoms with E-state index in [0.29, 0.717) is 5.75 Å². The molecule has 17 heavy (non-hydrogen) atoms. The van der Waals surface area contributed by atoms with Gasteiger partial charge in [0.1, 0.15) is 17.2 Å². The molecule has 0 saturated heterocycles. The second-order valence-corrected chi connectivity index (χ2v) is 4.56. The molecule has 0 amide bonds. The van der Waals surface area contributed by atoms with Crippen molar-refractivity contribution in [1.82, 2.24) is 0 Å². The van der Waals surface area contributed by atoms with Gasteiger partial charge in [0.25, 0.3) is 0 Å². The lowest BCUT2D eigenvalue weighted by Gasteiger charge is -2.19. The van der Waals surface area contributed by atoms with Crippen LogP contribution in [-0.4, -0.2) is 18.2 Å². The summed E-state index contributed by atoms with van der Waals surface area (Å²) >= 11 is 0. The largest absolute Gasteiger partial charge is 0.482 e. The molecule has 1 aromatic rings. The summed E-state index contributed by atoms with van der Waals surface area (Å²) in [6.07, 6.45) is 0. The Morgan fingerprint density at radius 3 is 2.59 bits per heavy atom. The topological polar surface area (TPSA) is 61.5 Å². The zero-order valence-electron chi connectivity index (χ0n) is 10.1. The van der Waals surface area contributed by atoms with E-state index in [0.717, 1.165) is 0 Å². The zero-order chi connectivity index (χ0) is 13.1. The van der Waals surface area contributed by atoms with Crippen LogP contribution in [0, 0.1) is 5.82 Å². The van der Waals surface area contributed by atoms with Gasteiger partial charge in [-0.25, -0.2) is 9.18 Å². The summed E-state index contributed by atoms with van der Waals surface area (Å²) in [6, 6.07) is 3.90. The number of carbonyl (C=O) groups excluding carboxylic acids is 1. The van der Waals surface area contributed by atoms with E-state index in [4.69, 9.17) is 15.2 Å². The summed E-state index contributed by atoms with van der Waals surface area (Å²) < 4.78 is 23.0. The molecule has 0 atom stereocenters. The van der Waals surface area contributed by atoms with Crippen molar-refractivity contribution in [2.75, 3.05) is 12.3 Å². The minimum atomic E-state index is -0.553. The first-order valence-corrected chi connectivity index (χ1v) is 5.17. The molecule has 0 unspecified atom stereocenters. The van der Waals surface area contributed by atoms with Crippen LogP contribution < -0.4 is 10.5 Å². The van der Waals surface area contributed by atoms with Crippen molar-refractivity contribution in [2.45, 2.75) is 26.4 Å². The van der Waals surface area contributed by atoms with Crippen molar-refractivity contribution in [1.29, 1.82) is 0 Å². The van der Waals surface area contributed by atoms with Gasteiger partial charge in [0.05, 0.1) is 5.69 Å². The summed E-state index contributed by atoms with van der Waals surface area (Å²) in [5.74, 6) is -0.676. The first-order valence-electron chi connectivity index (χ1n) is 5.17. The number of nitrogens with two attached hydrogens (primary N) is 1. The number of hydrogen-bond acceptors (Lipinski definition) is 4. The van der Waals surface area contributed by atoms with Crippen LogP contribution in [0.3, 0.4) is 0 Å². The van der Waals surface area contributed by atoms with Crippen molar-refractivity contribution in [3.05, 3.63) is 24.0 Å². The highest BCUT2D eigenvalue weighted by atomic mass is 19.1. The number of hydrogen-bond donors (Lipinski definition) is 1. The number of benzene rings is 1. The van der Waals surface area contributed by atoms with Gasteiger partial charge in [-0.3, -0.25) is 0 Å². The Kier molecular flexibility index (Phi) is 3.93. The summed E-state index contributed by atoms with van der Waals surface area (Å²) in [5, 5.41) is 0. The number of rotatable bonds is 3. The molecule has 0 radical (unpaired) electrons. The van der Waals surface area contributed by atoms with Gasteiger partial charge in [0.15, 0.2) is 6.61 Å². The van der Waals surface area contributed by atoms with Crippen molar-refractivity contribution in [3.8, 4) is 5.75 Å². The van der Waals surface area contributed by atoms with E-state index in [9.17, 15) is 9.18 Å². The van der Waals surface area contributed by atoms with Crippen LogP contribution in [0.25, 0.3) is 0 Å². The van der Waals surface area contributed by atoms with Crippen molar-refractivity contribution in [3.63, 3.8) is 0 Å². The summed E-state index contributed by atoms with van der Waals surface area (Å²) in [4.78, 5) is 11.3. The smallest absolute Gasteiger partial charge is 0.344 e. The van der Waals surface area contributed by atoms with Gasteiger partial charge in [0.2, 0.25) is 0 Å². The fourth-order valence-electron chi connectivity index (χ4n) is 1.12. The van der Waals surface area contributed by atoms with Crippen LogP contribution in [0.1, 0.15) is 20.8 Å². The highest BCUT2D eigenvalue weighted by Crippen LogP contribution is 2.18. The molecular formula is C12H16FNO3. The minimum Gasteiger partial charge on any atom is -0.482 e. The number of ether oxygens (including phenoxy) is 2. The summed E-state index contributed by atoms with van der Waals surface area (Å²) in [5.41, 5.74) is 4.78. The van der Waals surface area contributed by atoms with E-state index in [1.165, 1.54) is 18.2 Å². The Morgan fingerprint density at radius 2 is 2.06 bits per heavy atom. The molecule has 5 heteroatoms. The van der Waals surface area contributed by atoms with Crippen molar-refractivity contribution < 1.29 is 18.7 Å². The van der Waals surface area contributed by atoms with E-state index < -0.39 is 17.4 Å². The maximum atomic E-state index is 12.8. The minimum absolute atomic E-state index is 0.0216. The molecule has 0 aromatic heterocycles. The highest BCUT2D eigenvalue weighted by molar-refractivity contribution is 5.71. The van der Waals surface area contributed by atoms with Gasteiger partial charge >= 0.3 is 5.97 Å². The Hall–Kier alpha value is -1.78. The number of anilines is 1. The molecule has 94 valence electrons. The standard InChI is InChI=1S/C12H16FNO3/c1-12(2,3)17-11(15)7-16-8-4-5-9(13)10(14)6-8/h4-6H,7,14H2,1-3H3. The second-order valence-electron chi connectivity index (χ2n) is 4.56. The molecular weight excluding hydrogens is 225 g/mol. The maximum absolute atomic E-state index is 12.8. The third-order valence-electron chi connectivity index (χ3n) is 1.74. The third-order valence-corrected chi connectivity index (χ3v) is 1.74. The van der Waals surface area contributed by atoms with Crippen molar-refractivity contribution >= 4 is 11.7 Å². The molecule has 0 fully saturated rings. The number of halogens is 1. The quantitative estimate of drug-likeness (QED) is 0.650. The molecule has 1 rings (SSSR count). The average Bonchev–Trinajstić information content (AvgIpc) is 2.17. The first kappa shape index (κ1) is 13.3. The summed E-state index contributed by atoms with van der Waals surface area (Å²) in [7, 11) is 0. The molecule has 0 saturated carbocycles. The molecule has 4 nitrogen and oxygen atoms in total. The van der Waals surface area contributed by atoms with Crippen molar-refractivity contribution in [2.24, 2.45) is 0 Å². The molecule has 2 N–H and O–H groups in total. The van der Waals surface area contributed by atoms with Crippen LogP contribution in [0.2, 0.25) is 0 Å². The Bertz CT molecular complexity index is 413. The van der Waals surface area contributed by atoms with Gasteiger partial charge in [-0.2, -0.15) is 0 Å². The number of carbonyl (C=O) groups is 1. The molecule has 0 aliphatic carbocycles. The van der Waals surface area contributed by atoms with E-state index in [-0.39, 0.29) is 12.3 Å². The normalized spacial score (nSPS) is 11.1. The SMILES string of the molecule is CC(C)(C)OC(=O)COc1ccc(F)c(N)c1. The van der Waals surface area contributed by atoms with Gasteiger partial charge in [-0.15, -0.1) is 0 Å². The molecule has 1 aromatic carbocycles. The molecule has 0 spiro atoms. The highest BCUT2D eigenvalue weighted by Gasteiger charge is 2.16. The number of esters is 1. The third kappa shape index (κ3) is 4.72. The van der Waals surface area contributed by atoms with Gasteiger partial charge in [-0.1, -0.05) is 0 Å². The van der Waals surface area contributed by atoms with Crippen LogP contribution in [0.5, 0.6) is 5.75 Å². The Balaban J connectivity index is 2.50. The predicted octanol–water partition coefficient (Wildman–Crippen LogP) is 2.13. The molecule has 0 aliphatic heterocycles. The lowest BCUT2D eigenvalue weighted by Crippen LogP contribution is -2.27. The van der Waals surface area contributed by atoms with Gasteiger partial charge in [-0.05, 0) is 32.9 Å². The fraction of sp³-hybridized carbons (Fsp3) is 0.417. The first-order chi connectivity index (χ1) is 7.78. The lowest BCUT2D eigenvalue weighted by molar-refractivity contribution is -0.157. The van der Waals surface area contributed by atoms with Crippen LogP contribution in [0.4, 0.5) is 10.1 Å². The van der Waals surface area contributed by atoms with E-state index in [1.807, 2.05) is 0 Å². The fourth-order valence-corrected chi connectivity index (χ4v) is 1.12. The Labute approximate surface area is 99.5 Å². The maximum Gasteiger partial charge on any atom is 0.344 e. The van der Waals surface area contributed by atoms with Crippen LogP contribution >= 0.6 is 0 Å². The second kappa shape index (κ2) is 5.03. The monoisotopic (exact) mass is 241 g/mol. The van der Waals surface area contributed by atoms with Crippen LogP contribution in [-0.2, 0) is 9.53 Å². The van der Waals surface area contributed by atoms with E-state index >= 15 is 0 Å². The van der Waals surface area contributed by atoms with Gasteiger partial charge in [0, 0.05) is 6.07 Å². The van der Waals surface area contributed by atoms with Gasteiger partial charge < -0.3 is 15.2 Å². The molecule has 0 bridgehead atoms. The number of nitrogen functional groups attached to an aromatic ring is 1. The van der Waals surface area contributed by atoms with E-state index in [2.05, 4.69) is 0 Å². The molecule has 0 aliphatic rings. The van der Waals surface area contributed by atoms with E-state index in [1.54, 1.807) is 20.8 Å².